The van der Waals surface area contributed by atoms with Crippen LogP contribution in [0.4, 0.5) is 0 Å². The molecule has 2 aromatic rings. The lowest BCUT2D eigenvalue weighted by molar-refractivity contribution is -0.129. The van der Waals surface area contributed by atoms with Crippen molar-refractivity contribution in [1.29, 1.82) is 0 Å². The summed E-state index contributed by atoms with van der Waals surface area (Å²) in [6.07, 6.45) is 2.94. The van der Waals surface area contributed by atoms with Gasteiger partial charge in [0, 0.05) is 50.4 Å². The van der Waals surface area contributed by atoms with Gasteiger partial charge in [0.2, 0.25) is 15.9 Å². The van der Waals surface area contributed by atoms with Crippen molar-refractivity contribution in [1.82, 2.24) is 14.2 Å². The third kappa shape index (κ3) is 4.89. The molecule has 9 heteroatoms. The fourth-order valence-electron chi connectivity index (χ4n) is 3.56. The van der Waals surface area contributed by atoms with Gasteiger partial charge >= 0.3 is 0 Å². The first-order valence-corrected chi connectivity index (χ1v) is 11.6. The maximum atomic E-state index is 13.5. The number of hydrogen-bond acceptors (Lipinski definition) is 6. The number of fused-ring (bicyclic) bond motifs is 1. The average molecular weight is 448 g/mol. The van der Waals surface area contributed by atoms with E-state index in [4.69, 9.17) is 4.74 Å². The molecule has 0 saturated carbocycles. The highest BCUT2D eigenvalue weighted by Gasteiger charge is 2.38. The molecule has 0 unspecified atom stereocenters. The Kier molecular flexibility index (Phi) is 6.98. The van der Waals surface area contributed by atoms with E-state index < -0.39 is 22.2 Å². The molecule has 1 aliphatic heterocycles. The number of aliphatic hydroxyl groups is 1. The van der Waals surface area contributed by atoms with Crippen LogP contribution in [0.15, 0.2) is 47.6 Å². The summed E-state index contributed by atoms with van der Waals surface area (Å²) in [5, 5.41) is 9.70. The second-order valence-electron chi connectivity index (χ2n) is 8.04. The Labute approximate surface area is 183 Å². The van der Waals surface area contributed by atoms with E-state index in [1.54, 1.807) is 49.5 Å². The van der Waals surface area contributed by atoms with Crippen molar-refractivity contribution in [2.75, 3.05) is 26.7 Å². The molecule has 0 spiro atoms. The molecular weight excluding hydrogens is 418 g/mol. The quantitative estimate of drug-likeness (QED) is 0.753. The predicted octanol–water partition coefficient (Wildman–Crippen LogP) is 2.00. The largest absolute Gasteiger partial charge is 0.487 e. The summed E-state index contributed by atoms with van der Waals surface area (Å²) in [5.41, 5.74) is 1.61. The number of aliphatic hydroxyl groups excluding tert-OH is 1. The number of likely N-dealkylation sites (N-methyl/N-ethyl adjacent to an activating group) is 1. The number of nitrogens with zero attached hydrogens (tertiary/aromatic N) is 3. The predicted molar refractivity (Wildman–Crippen MR) is 117 cm³/mol. The summed E-state index contributed by atoms with van der Waals surface area (Å²) in [5.74, 6) is -0.0961. The zero-order chi connectivity index (χ0) is 22.8. The Bertz CT molecular complexity index is 1030. The summed E-state index contributed by atoms with van der Waals surface area (Å²) in [4.78, 5) is 17.5. The van der Waals surface area contributed by atoms with Gasteiger partial charge in [-0.15, -0.1) is 0 Å². The van der Waals surface area contributed by atoms with Crippen LogP contribution in [0.25, 0.3) is 11.1 Å². The van der Waals surface area contributed by atoms with Crippen LogP contribution in [0.2, 0.25) is 0 Å². The van der Waals surface area contributed by atoms with Gasteiger partial charge in [-0.1, -0.05) is 19.1 Å². The standard InChI is InChI=1S/C22H29N3O5S/c1-15-12-25(16(2)14-26)31(28,29)22-8-7-18(19-6-5-9-23-11-19)10-20(22)30-21(15)13-24(4)17(3)27/h5-11,15-16,21,26H,12-14H2,1-4H3/t15-,16+,21-/m0/s1. The molecule has 1 aliphatic rings. The normalized spacial score (nSPS) is 21.8. The van der Waals surface area contributed by atoms with Crippen molar-refractivity contribution in [3.63, 3.8) is 0 Å². The Morgan fingerprint density at radius 1 is 1.35 bits per heavy atom. The van der Waals surface area contributed by atoms with Gasteiger partial charge in [-0.3, -0.25) is 9.78 Å². The molecule has 1 aromatic heterocycles. The van der Waals surface area contributed by atoms with Crippen LogP contribution in [-0.4, -0.2) is 72.5 Å². The number of carbonyl (C=O) groups is 1. The minimum atomic E-state index is -3.90. The third-order valence-corrected chi connectivity index (χ3v) is 7.67. The molecule has 1 N–H and O–H groups in total. The highest BCUT2D eigenvalue weighted by Crippen LogP contribution is 2.36. The van der Waals surface area contributed by atoms with E-state index in [0.717, 1.165) is 11.1 Å². The van der Waals surface area contributed by atoms with E-state index >= 15 is 0 Å². The fourth-order valence-corrected chi connectivity index (χ4v) is 5.38. The molecule has 2 heterocycles. The lowest BCUT2D eigenvalue weighted by Crippen LogP contribution is -2.50. The molecule has 0 aliphatic carbocycles. The van der Waals surface area contributed by atoms with Crippen molar-refractivity contribution in [2.24, 2.45) is 5.92 Å². The minimum absolute atomic E-state index is 0.0443. The number of hydrogen-bond donors (Lipinski definition) is 1. The van der Waals surface area contributed by atoms with E-state index in [1.165, 1.54) is 17.3 Å². The maximum Gasteiger partial charge on any atom is 0.247 e. The molecule has 3 rings (SSSR count). The second kappa shape index (κ2) is 9.33. The molecule has 0 fully saturated rings. The molecule has 3 atom stereocenters. The Balaban J connectivity index is 2.13. The molecule has 0 bridgehead atoms. The third-order valence-electron chi connectivity index (χ3n) is 5.65. The molecule has 8 nitrogen and oxygen atoms in total. The summed E-state index contributed by atoms with van der Waals surface area (Å²) >= 11 is 0. The average Bonchev–Trinajstić information content (AvgIpc) is 2.75. The van der Waals surface area contributed by atoms with Crippen molar-refractivity contribution in [2.45, 2.75) is 37.8 Å². The van der Waals surface area contributed by atoms with Gasteiger partial charge in [-0.25, -0.2) is 8.42 Å². The Morgan fingerprint density at radius 2 is 2.10 bits per heavy atom. The van der Waals surface area contributed by atoms with Crippen LogP contribution < -0.4 is 4.74 Å². The van der Waals surface area contributed by atoms with Crippen molar-refractivity contribution < 1.29 is 23.1 Å². The van der Waals surface area contributed by atoms with Crippen molar-refractivity contribution in [3.05, 3.63) is 42.7 Å². The minimum Gasteiger partial charge on any atom is -0.487 e. The van der Waals surface area contributed by atoms with E-state index in [-0.39, 0.29) is 35.6 Å². The van der Waals surface area contributed by atoms with Crippen molar-refractivity contribution in [3.8, 4) is 16.9 Å². The van der Waals surface area contributed by atoms with Gasteiger partial charge in [-0.05, 0) is 30.7 Å². The van der Waals surface area contributed by atoms with Gasteiger partial charge in [0.1, 0.15) is 16.7 Å². The first-order chi connectivity index (χ1) is 14.6. The number of ether oxygens (including phenoxy) is 1. The monoisotopic (exact) mass is 447 g/mol. The number of sulfonamides is 1. The highest BCUT2D eigenvalue weighted by atomic mass is 32.2. The molecule has 0 radical (unpaired) electrons. The molecule has 1 aromatic carbocycles. The summed E-state index contributed by atoms with van der Waals surface area (Å²) < 4.78 is 34.5. The zero-order valence-corrected chi connectivity index (χ0v) is 19.0. The van der Waals surface area contributed by atoms with Crippen LogP contribution in [0.3, 0.4) is 0 Å². The van der Waals surface area contributed by atoms with Crippen LogP contribution in [-0.2, 0) is 14.8 Å². The smallest absolute Gasteiger partial charge is 0.247 e. The number of rotatable bonds is 5. The van der Waals surface area contributed by atoms with Gasteiger partial charge in [0.25, 0.3) is 0 Å². The van der Waals surface area contributed by atoms with E-state index in [9.17, 15) is 18.3 Å². The van der Waals surface area contributed by atoms with Crippen LogP contribution in [0.5, 0.6) is 5.75 Å². The molecular formula is C22H29N3O5S. The number of benzene rings is 1. The van der Waals surface area contributed by atoms with E-state index in [0.29, 0.717) is 6.54 Å². The summed E-state index contributed by atoms with van der Waals surface area (Å²) in [6, 6.07) is 8.05. The number of aromatic nitrogens is 1. The highest BCUT2D eigenvalue weighted by molar-refractivity contribution is 7.89. The summed E-state index contributed by atoms with van der Waals surface area (Å²) in [6.45, 7) is 5.23. The SMILES string of the molecule is CC(=O)N(C)C[C@@H]1Oc2cc(-c3cccnc3)ccc2S(=O)(=O)N([C@H](C)CO)C[C@@H]1C. The van der Waals surface area contributed by atoms with E-state index in [2.05, 4.69) is 4.98 Å². The van der Waals surface area contributed by atoms with Gasteiger partial charge in [0.05, 0.1) is 13.2 Å². The summed E-state index contributed by atoms with van der Waals surface area (Å²) in [7, 11) is -2.21. The number of pyridine rings is 1. The van der Waals surface area contributed by atoms with Crippen LogP contribution in [0, 0.1) is 5.92 Å². The second-order valence-corrected chi connectivity index (χ2v) is 9.90. The molecule has 168 valence electrons. The topological polar surface area (TPSA) is 100 Å². The Hall–Kier alpha value is -2.49. The molecule has 1 amide bonds. The molecule has 31 heavy (non-hydrogen) atoms. The van der Waals surface area contributed by atoms with Gasteiger partial charge in [0.15, 0.2) is 0 Å². The Morgan fingerprint density at radius 3 is 2.71 bits per heavy atom. The lowest BCUT2D eigenvalue weighted by atomic mass is 10.0. The van der Waals surface area contributed by atoms with Gasteiger partial charge in [-0.2, -0.15) is 4.31 Å². The zero-order valence-electron chi connectivity index (χ0n) is 18.2. The van der Waals surface area contributed by atoms with Crippen LogP contribution >= 0.6 is 0 Å². The van der Waals surface area contributed by atoms with E-state index in [1.807, 2.05) is 13.0 Å². The first-order valence-electron chi connectivity index (χ1n) is 10.2. The van der Waals surface area contributed by atoms with Crippen molar-refractivity contribution >= 4 is 15.9 Å². The maximum absolute atomic E-state index is 13.5. The first kappa shape index (κ1) is 23.2. The van der Waals surface area contributed by atoms with Crippen LogP contribution in [0.1, 0.15) is 20.8 Å². The fraction of sp³-hybridized carbons (Fsp3) is 0.455. The molecule has 0 saturated heterocycles. The number of amides is 1. The lowest BCUT2D eigenvalue weighted by Gasteiger charge is -2.37. The number of carbonyl (C=O) groups excluding carboxylic acids is 1. The van der Waals surface area contributed by atoms with Gasteiger partial charge < -0.3 is 14.7 Å².